The van der Waals surface area contributed by atoms with E-state index in [0.29, 0.717) is 17.3 Å². The van der Waals surface area contributed by atoms with E-state index in [4.69, 9.17) is 20.2 Å². The summed E-state index contributed by atoms with van der Waals surface area (Å²) in [7, 11) is 1.35. The van der Waals surface area contributed by atoms with Crippen molar-refractivity contribution in [3.05, 3.63) is 62.2 Å². The highest BCUT2D eigenvalue weighted by Crippen LogP contribution is 2.34. The van der Waals surface area contributed by atoms with Crippen LogP contribution in [-0.4, -0.2) is 23.0 Å². The van der Waals surface area contributed by atoms with Crippen LogP contribution in [0.4, 0.5) is 0 Å². The first-order chi connectivity index (χ1) is 15.2. The number of pyridine rings is 1. The van der Waals surface area contributed by atoms with Crippen molar-refractivity contribution in [1.29, 1.82) is 0 Å². The molecule has 34 heavy (non-hydrogen) atoms. The second-order valence-corrected chi connectivity index (χ2v) is 9.49. The molecule has 0 bridgehead atoms. The first-order valence-electron chi connectivity index (χ1n) is 10.7. The maximum absolute atomic E-state index is 12.1. The number of methoxy groups -OCH3 is 1. The van der Waals surface area contributed by atoms with Crippen LogP contribution in [0.25, 0.3) is 11.1 Å². The summed E-state index contributed by atoms with van der Waals surface area (Å²) in [5.41, 5.74) is 13.5. The summed E-state index contributed by atoms with van der Waals surface area (Å²) in [4.78, 5) is 21.8. The van der Waals surface area contributed by atoms with Crippen molar-refractivity contribution in [3.63, 3.8) is 0 Å². The molecule has 3 aromatic rings. The Morgan fingerprint density at radius 2 is 1.71 bits per heavy atom. The van der Waals surface area contributed by atoms with Gasteiger partial charge in [0.2, 0.25) is 5.88 Å². The van der Waals surface area contributed by atoms with Crippen LogP contribution in [-0.2, 0) is 24.3 Å². The Labute approximate surface area is 218 Å². The SMILES string of the molecule is COC(=O)c1sc(C)nc1OCc1c(C)nc(CC(C)C)c(CN)c1-c1ccc(C)cc1.Cl.Cl. The van der Waals surface area contributed by atoms with Gasteiger partial charge in [0.05, 0.1) is 12.1 Å². The van der Waals surface area contributed by atoms with Gasteiger partial charge in [-0.15, -0.1) is 36.2 Å². The predicted octanol–water partition coefficient (Wildman–Crippen LogP) is 6.00. The third kappa shape index (κ3) is 6.69. The molecule has 0 unspecified atom stereocenters. The summed E-state index contributed by atoms with van der Waals surface area (Å²) in [5, 5.41) is 0.740. The quantitative estimate of drug-likeness (QED) is 0.363. The van der Waals surface area contributed by atoms with E-state index in [9.17, 15) is 4.79 Å². The van der Waals surface area contributed by atoms with Gasteiger partial charge in [0.1, 0.15) is 6.61 Å². The zero-order chi connectivity index (χ0) is 23.4. The van der Waals surface area contributed by atoms with Crippen molar-refractivity contribution in [1.82, 2.24) is 9.97 Å². The largest absolute Gasteiger partial charge is 0.471 e. The summed E-state index contributed by atoms with van der Waals surface area (Å²) in [5.74, 6) is 0.295. The Hall–Kier alpha value is -2.19. The second-order valence-electron chi connectivity index (χ2n) is 8.29. The standard InChI is InChI=1S/C25H31N3O3S.2ClH/c1-14(2)11-21-19(12-26)22(18-9-7-15(3)8-10-18)20(16(4)27-21)13-31-24-23(25(29)30-6)32-17(5)28-24;;/h7-10,14H,11-13,26H2,1-6H3;2*1H. The molecule has 3 rings (SSSR count). The Balaban J connectivity index is 0.00000289. The molecule has 2 heterocycles. The molecule has 0 fully saturated rings. The maximum atomic E-state index is 12.1. The minimum absolute atomic E-state index is 0. The van der Waals surface area contributed by atoms with Crippen LogP contribution >= 0.6 is 36.2 Å². The lowest BCUT2D eigenvalue weighted by atomic mass is 9.90. The van der Waals surface area contributed by atoms with Crippen molar-refractivity contribution < 1.29 is 14.3 Å². The summed E-state index contributed by atoms with van der Waals surface area (Å²) in [6.07, 6.45) is 0.852. The van der Waals surface area contributed by atoms with E-state index < -0.39 is 5.97 Å². The highest BCUT2D eigenvalue weighted by molar-refractivity contribution is 7.13. The van der Waals surface area contributed by atoms with Crippen LogP contribution in [0.15, 0.2) is 24.3 Å². The number of nitrogens with two attached hydrogens (primary N) is 1. The van der Waals surface area contributed by atoms with Crippen LogP contribution in [0, 0.1) is 26.7 Å². The predicted molar refractivity (Wildman–Crippen MR) is 143 cm³/mol. The Kier molecular flexibility index (Phi) is 11.5. The number of hydrogen-bond donors (Lipinski definition) is 1. The molecule has 0 saturated heterocycles. The number of ether oxygens (including phenoxy) is 2. The minimum atomic E-state index is -0.450. The number of carbonyl (C=O) groups excluding carboxylic acids is 1. The normalized spacial score (nSPS) is 10.5. The average Bonchev–Trinajstić information content (AvgIpc) is 3.12. The number of hydrogen-bond acceptors (Lipinski definition) is 7. The van der Waals surface area contributed by atoms with Gasteiger partial charge in [0.25, 0.3) is 0 Å². The van der Waals surface area contributed by atoms with Gasteiger partial charge < -0.3 is 15.2 Å². The summed E-state index contributed by atoms with van der Waals surface area (Å²) in [6, 6.07) is 8.41. The molecule has 9 heteroatoms. The zero-order valence-electron chi connectivity index (χ0n) is 20.4. The third-order valence-electron chi connectivity index (χ3n) is 5.26. The van der Waals surface area contributed by atoms with E-state index in [1.807, 2.05) is 13.8 Å². The monoisotopic (exact) mass is 525 g/mol. The topological polar surface area (TPSA) is 87.3 Å². The molecule has 2 aromatic heterocycles. The van der Waals surface area contributed by atoms with Crippen molar-refractivity contribution >= 4 is 42.1 Å². The fourth-order valence-electron chi connectivity index (χ4n) is 3.73. The Bertz CT molecular complexity index is 1120. The first kappa shape index (κ1) is 29.8. The Morgan fingerprint density at radius 1 is 1.06 bits per heavy atom. The number of nitrogens with zero attached hydrogens (tertiary/aromatic N) is 2. The van der Waals surface area contributed by atoms with Gasteiger partial charge in [-0.3, -0.25) is 4.98 Å². The molecule has 2 N–H and O–H groups in total. The summed E-state index contributed by atoms with van der Waals surface area (Å²) < 4.78 is 11.0. The molecule has 0 aliphatic carbocycles. The lowest BCUT2D eigenvalue weighted by Crippen LogP contribution is -2.14. The third-order valence-corrected chi connectivity index (χ3v) is 6.20. The van der Waals surface area contributed by atoms with Gasteiger partial charge in [0.15, 0.2) is 4.88 Å². The van der Waals surface area contributed by atoms with E-state index in [-0.39, 0.29) is 37.3 Å². The Morgan fingerprint density at radius 3 is 2.26 bits per heavy atom. The van der Waals surface area contributed by atoms with Crippen LogP contribution in [0.2, 0.25) is 0 Å². The van der Waals surface area contributed by atoms with E-state index in [1.54, 1.807) is 0 Å². The fraction of sp³-hybridized carbons (Fsp3) is 0.400. The molecular weight excluding hydrogens is 493 g/mol. The van der Waals surface area contributed by atoms with Crippen molar-refractivity contribution in [2.75, 3.05) is 7.11 Å². The number of rotatable bonds is 8. The van der Waals surface area contributed by atoms with Gasteiger partial charge >= 0.3 is 5.97 Å². The molecule has 0 radical (unpaired) electrons. The maximum Gasteiger partial charge on any atom is 0.353 e. The lowest BCUT2D eigenvalue weighted by Gasteiger charge is -2.21. The molecule has 1 aromatic carbocycles. The number of aromatic nitrogens is 2. The number of aryl methyl sites for hydroxylation is 3. The molecule has 0 amide bonds. The number of esters is 1. The van der Waals surface area contributed by atoms with Crippen molar-refractivity contribution in [2.24, 2.45) is 11.7 Å². The van der Waals surface area contributed by atoms with Crippen LogP contribution in [0.3, 0.4) is 0 Å². The number of benzene rings is 1. The number of carbonyl (C=O) groups is 1. The van der Waals surface area contributed by atoms with Gasteiger partial charge in [0, 0.05) is 23.5 Å². The molecular formula is C25H33Cl2N3O3S. The highest BCUT2D eigenvalue weighted by atomic mass is 35.5. The van der Waals surface area contributed by atoms with Crippen LogP contribution in [0.1, 0.15) is 56.6 Å². The smallest absolute Gasteiger partial charge is 0.353 e. The molecule has 0 saturated carbocycles. The van der Waals surface area contributed by atoms with E-state index in [1.165, 1.54) is 24.0 Å². The van der Waals surface area contributed by atoms with E-state index in [0.717, 1.165) is 45.1 Å². The van der Waals surface area contributed by atoms with E-state index >= 15 is 0 Å². The van der Waals surface area contributed by atoms with Gasteiger partial charge in [-0.2, -0.15) is 0 Å². The number of thiazole rings is 1. The van der Waals surface area contributed by atoms with Gasteiger partial charge in [-0.05, 0) is 49.8 Å². The zero-order valence-corrected chi connectivity index (χ0v) is 22.9. The molecule has 0 atom stereocenters. The van der Waals surface area contributed by atoms with Crippen LogP contribution in [0.5, 0.6) is 5.88 Å². The second kappa shape index (κ2) is 13.0. The molecule has 6 nitrogen and oxygen atoms in total. The average molecular weight is 527 g/mol. The van der Waals surface area contributed by atoms with Crippen molar-refractivity contribution in [3.8, 4) is 17.0 Å². The molecule has 0 aliphatic heterocycles. The lowest BCUT2D eigenvalue weighted by molar-refractivity contribution is 0.0601. The molecule has 0 spiro atoms. The first-order valence-corrected chi connectivity index (χ1v) is 11.5. The summed E-state index contributed by atoms with van der Waals surface area (Å²) in [6.45, 7) is 10.9. The fourth-order valence-corrected chi connectivity index (χ4v) is 4.52. The highest BCUT2D eigenvalue weighted by Gasteiger charge is 2.23. The van der Waals surface area contributed by atoms with Gasteiger partial charge in [-0.25, -0.2) is 9.78 Å². The van der Waals surface area contributed by atoms with Crippen LogP contribution < -0.4 is 10.5 Å². The number of halogens is 2. The molecule has 186 valence electrons. The van der Waals surface area contributed by atoms with Gasteiger partial charge in [-0.1, -0.05) is 43.7 Å². The van der Waals surface area contributed by atoms with Crippen molar-refractivity contribution in [2.45, 2.75) is 54.2 Å². The van der Waals surface area contributed by atoms with E-state index in [2.05, 4.69) is 50.0 Å². The molecule has 0 aliphatic rings. The summed E-state index contributed by atoms with van der Waals surface area (Å²) >= 11 is 1.26. The minimum Gasteiger partial charge on any atom is -0.471 e.